The van der Waals surface area contributed by atoms with E-state index in [4.69, 9.17) is 4.74 Å². The summed E-state index contributed by atoms with van der Waals surface area (Å²) in [4.78, 5) is 28.0. The number of aryl methyl sites for hydroxylation is 1. The molecule has 0 aliphatic carbocycles. The largest absolute Gasteiger partial charge is 0.491 e. The maximum atomic E-state index is 13.0. The molecular weight excluding hydrogens is 533 g/mol. The van der Waals surface area contributed by atoms with Crippen molar-refractivity contribution in [1.82, 2.24) is 19.8 Å². The Bertz CT molecular complexity index is 1360. The molecule has 2 saturated heterocycles. The van der Waals surface area contributed by atoms with E-state index in [1.165, 1.54) is 6.20 Å². The van der Waals surface area contributed by atoms with E-state index in [0.717, 1.165) is 87.1 Å². The maximum Gasteiger partial charge on any atom is 0.417 e. The molecule has 2 fully saturated rings. The van der Waals surface area contributed by atoms with Crippen LogP contribution in [0.5, 0.6) is 5.75 Å². The number of hydrogen-bond acceptors (Lipinski definition) is 7. The van der Waals surface area contributed by atoms with Gasteiger partial charge in [0.1, 0.15) is 12.4 Å². The molecular formula is C30H35F3N6O2. The van der Waals surface area contributed by atoms with E-state index in [1.807, 2.05) is 31.3 Å². The van der Waals surface area contributed by atoms with Crippen molar-refractivity contribution in [2.75, 3.05) is 69.7 Å². The van der Waals surface area contributed by atoms with Crippen molar-refractivity contribution in [2.24, 2.45) is 0 Å². The molecule has 11 heteroatoms. The summed E-state index contributed by atoms with van der Waals surface area (Å²) in [5.41, 5.74) is 2.58. The number of hydrogen-bond donors (Lipinski definition) is 1. The van der Waals surface area contributed by atoms with Crippen LogP contribution < -0.4 is 15.0 Å². The van der Waals surface area contributed by atoms with Gasteiger partial charge >= 0.3 is 6.18 Å². The summed E-state index contributed by atoms with van der Waals surface area (Å²) < 4.78 is 45.1. The summed E-state index contributed by atoms with van der Waals surface area (Å²) in [6.45, 7) is 9.36. The predicted molar refractivity (Wildman–Crippen MR) is 152 cm³/mol. The SMILES string of the molecule is Cc1ccc(C(=O)Nc2cncc(C(F)(F)F)c2)cc1[C@@H]1CCN(c2cncc(OCCN3CCN(C)CC3)c2)C1. The second-order valence-corrected chi connectivity index (χ2v) is 10.8. The molecule has 0 spiro atoms. The molecule has 218 valence electrons. The summed E-state index contributed by atoms with van der Waals surface area (Å²) in [5, 5.41) is 2.55. The molecule has 1 amide bonds. The number of likely N-dealkylation sites (N-methyl/N-ethyl adjacent to an activating group) is 1. The van der Waals surface area contributed by atoms with Crippen LogP contribution in [-0.4, -0.2) is 85.1 Å². The third-order valence-electron chi connectivity index (χ3n) is 7.83. The molecule has 0 bridgehead atoms. The topological polar surface area (TPSA) is 73.8 Å². The Morgan fingerprint density at radius 1 is 1.02 bits per heavy atom. The highest BCUT2D eigenvalue weighted by atomic mass is 19.4. The number of aromatic nitrogens is 2. The number of nitrogens with one attached hydrogen (secondary N) is 1. The second-order valence-electron chi connectivity index (χ2n) is 10.8. The van der Waals surface area contributed by atoms with Crippen LogP contribution in [-0.2, 0) is 6.18 Å². The van der Waals surface area contributed by atoms with Gasteiger partial charge in [-0.3, -0.25) is 19.7 Å². The van der Waals surface area contributed by atoms with Crippen molar-refractivity contribution in [3.63, 3.8) is 0 Å². The molecule has 0 unspecified atom stereocenters. The summed E-state index contributed by atoms with van der Waals surface area (Å²) in [6.07, 6.45) is 1.89. The highest BCUT2D eigenvalue weighted by Gasteiger charge is 2.31. The minimum Gasteiger partial charge on any atom is -0.491 e. The van der Waals surface area contributed by atoms with Crippen molar-refractivity contribution in [3.8, 4) is 5.75 Å². The second kappa shape index (κ2) is 12.4. The van der Waals surface area contributed by atoms with Crippen molar-refractivity contribution in [3.05, 3.63) is 77.4 Å². The first-order chi connectivity index (χ1) is 19.7. The fourth-order valence-corrected chi connectivity index (χ4v) is 5.36. The minimum absolute atomic E-state index is 0.00266. The molecule has 5 rings (SSSR count). The number of halogens is 3. The van der Waals surface area contributed by atoms with E-state index in [-0.39, 0.29) is 11.6 Å². The highest BCUT2D eigenvalue weighted by molar-refractivity contribution is 6.04. The van der Waals surface area contributed by atoms with Crippen molar-refractivity contribution in [1.29, 1.82) is 0 Å². The van der Waals surface area contributed by atoms with Gasteiger partial charge in [-0.25, -0.2) is 0 Å². The van der Waals surface area contributed by atoms with Crippen LogP contribution in [0.2, 0.25) is 0 Å². The summed E-state index contributed by atoms with van der Waals surface area (Å²) >= 11 is 0. The highest BCUT2D eigenvalue weighted by Crippen LogP contribution is 2.34. The van der Waals surface area contributed by atoms with Gasteiger partial charge < -0.3 is 19.9 Å². The maximum absolute atomic E-state index is 13.0. The lowest BCUT2D eigenvalue weighted by Crippen LogP contribution is -2.45. The molecule has 41 heavy (non-hydrogen) atoms. The Labute approximate surface area is 238 Å². The van der Waals surface area contributed by atoms with Gasteiger partial charge in [0, 0.05) is 69.6 Å². The summed E-state index contributed by atoms with van der Waals surface area (Å²) in [7, 11) is 2.14. The van der Waals surface area contributed by atoms with Gasteiger partial charge in [0.2, 0.25) is 0 Å². The molecule has 0 radical (unpaired) electrons. The van der Waals surface area contributed by atoms with Crippen molar-refractivity contribution >= 4 is 17.3 Å². The molecule has 0 saturated carbocycles. The first-order valence-electron chi connectivity index (χ1n) is 13.8. The van der Waals surface area contributed by atoms with Crippen LogP contribution in [0.3, 0.4) is 0 Å². The fraction of sp³-hybridized carbons (Fsp3) is 0.433. The van der Waals surface area contributed by atoms with E-state index < -0.39 is 17.6 Å². The third kappa shape index (κ3) is 7.34. The Hall–Kier alpha value is -3.70. The normalized spacial score (nSPS) is 18.5. The number of carbonyl (C=O) groups is 1. The lowest BCUT2D eigenvalue weighted by atomic mass is 9.92. The Morgan fingerprint density at radius 2 is 1.80 bits per heavy atom. The lowest BCUT2D eigenvalue weighted by molar-refractivity contribution is -0.137. The van der Waals surface area contributed by atoms with Gasteiger partial charge in [0.05, 0.1) is 35.5 Å². The third-order valence-corrected chi connectivity index (χ3v) is 7.83. The number of rotatable bonds is 8. The van der Waals surface area contributed by atoms with E-state index in [0.29, 0.717) is 12.2 Å². The van der Waals surface area contributed by atoms with Crippen molar-refractivity contribution < 1.29 is 22.7 Å². The van der Waals surface area contributed by atoms with Gasteiger partial charge in [-0.05, 0) is 49.7 Å². The van der Waals surface area contributed by atoms with Crippen LogP contribution in [0, 0.1) is 6.92 Å². The quantitative estimate of drug-likeness (QED) is 0.423. The van der Waals surface area contributed by atoms with Crippen LogP contribution in [0.4, 0.5) is 24.5 Å². The van der Waals surface area contributed by atoms with Crippen LogP contribution >= 0.6 is 0 Å². The zero-order chi connectivity index (χ0) is 29.0. The van der Waals surface area contributed by atoms with Gasteiger partial charge in [0.25, 0.3) is 5.91 Å². The first-order valence-corrected chi connectivity index (χ1v) is 13.8. The smallest absolute Gasteiger partial charge is 0.417 e. The number of ether oxygens (including phenoxy) is 1. The van der Waals surface area contributed by atoms with Gasteiger partial charge in [0.15, 0.2) is 0 Å². The Balaban J connectivity index is 1.20. The minimum atomic E-state index is -4.54. The van der Waals surface area contributed by atoms with E-state index in [1.54, 1.807) is 12.3 Å². The standard InChI is InChI=1S/C30H35F3N6O2/c1-21-3-4-22(29(40)36-25-14-24(16-34-17-25)30(31,32)33)13-28(21)23-5-6-39(20-23)26-15-27(19-35-18-26)41-12-11-38-9-7-37(2)8-10-38/h3-4,13-19,23H,5-12,20H2,1-2H3,(H,36,40)/t23-/m1/s1. The molecule has 8 nitrogen and oxygen atoms in total. The van der Waals surface area contributed by atoms with Gasteiger partial charge in [-0.1, -0.05) is 6.07 Å². The predicted octanol–water partition coefficient (Wildman–Crippen LogP) is 4.68. The number of anilines is 2. The number of piperazine rings is 1. The van der Waals surface area contributed by atoms with Gasteiger partial charge in [-0.15, -0.1) is 0 Å². The Kier molecular flexibility index (Phi) is 8.74. The zero-order valence-corrected chi connectivity index (χ0v) is 23.3. The molecule has 1 atom stereocenters. The monoisotopic (exact) mass is 568 g/mol. The average molecular weight is 569 g/mol. The molecule has 1 N–H and O–H groups in total. The van der Waals surface area contributed by atoms with Gasteiger partial charge in [-0.2, -0.15) is 13.2 Å². The van der Waals surface area contributed by atoms with Crippen LogP contribution in [0.25, 0.3) is 0 Å². The molecule has 1 aromatic carbocycles. The van der Waals surface area contributed by atoms with Crippen LogP contribution in [0.15, 0.2) is 55.1 Å². The summed E-state index contributed by atoms with van der Waals surface area (Å²) in [5.74, 6) is 0.464. The fourth-order valence-electron chi connectivity index (χ4n) is 5.36. The number of pyridine rings is 2. The molecule has 2 aliphatic heterocycles. The molecule has 2 aromatic heterocycles. The number of alkyl halides is 3. The lowest BCUT2D eigenvalue weighted by Gasteiger charge is -2.32. The molecule has 3 aromatic rings. The number of amides is 1. The van der Waals surface area contributed by atoms with E-state index >= 15 is 0 Å². The molecule has 4 heterocycles. The number of nitrogens with zero attached hydrogens (tertiary/aromatic N) is 5. The van der Waals surface area contributed by atoms with Crippen LogP contribution in [0.1, 0.15) is 39.4 Å². The van der Waals surface area contributed by atoms with Crippen molar-refractivity contribution in [2.45, 2.75) is 25.4 Å². The number of carbonyl (C=O) groups excluding carboxylic acids is 1. The van der Waals surface area contributed by atoms with E-state index in [9.17, 15) is 18.0 Å². The first kappa shape index (κ1) is 28.8. The molecule has 2 aliphatic rings. The summed E-state index contributed by atoms with van der Waals surface area (Å²) in [6, 6.07) is 8.32. The number of benzene rings is 1. The Morgan fingerprint density at radius 3 is 2.59 bits per heavy atom. The average Bonchev–Trinajstić information content (AvgIpc) is 3.44. The van der Waals surface area contributed by atoms with E-state index in [2.05, 4.69) is 37.0 Å². The zero-order valence-electron chi connectivity index (χ0n) is 23.3.